The van der Waals surface area contributed by atoms with Crippen molar-refractivity contribution < 1.29 is 13.7 Å². The Morgan fingerprint density at radius 2 is 1.97 bits per heavy atom. The smallest absolute Gasteiger partial charge is 0.240 e. The van der Waals surface area contributed by atoms with Gasteiger partial charge in [0.2, 0.25) is 17.6 Å². The lowest BCUT2D eigenvalue weighted by molar-refractivity contribution is -0.123. The Labute approximate surface area is 183 Å². The summed E-state index contributed by atoms with van der Waals surface area (Å²) < 4.78 is 20.9. The second kappa shape index (κ2) is 7.79. The molecule has 1 amide bonds. The Kier molecular flexibility index (Phi) is 5.28. The van der Waals surface area contributed by atoms with E-state index < -0.39 is 5.54 Å². The van der Waals surface area contributed by atoms with E-state index in [0.717, 1.165) is 35.0 Å². The molecule has 1 saturated carbocycles. The number of hydrogen-bond donors (Lipinski definition) is 2. The maximum Gasteiger partial charge on any atom is 0.240 e. The van der Waals surface area contributed by atoms with Crippen molar-refractivity contribution in [3.8, 4) is 17.2 Å². The predicted octanol–water partition coefficient (Wildman–Crippen LogP) is 3.66. The van der Waals surface area contributed by atoms with Gasteiger partial charge in [-0.3, -0.25) is 4.79 Å². The first-order chi connectivity index (χ1) is 14.4. The van der Waals surface area contributed by atoms with Crippen molar-refractivity contribution in [2.45, 2.75) is 31.8 Å². The molecule has 7 nitrogen and oxygen atoms in total. The molecule has 9 heteroatoms. The van der Waals surface area contributed by atoms with Gasteiger partial charge < -0.3 is 20.1 Å². The van der Waals surface area contributed by atoms with E-state index >= 15 is 0 Å². The van der Waals surface area contributed by atoms with E-state index in [2.05, 4.69) is 15.5 Å². The highest BCUT2D eigenvalue weighted by atomic mass is 35.5. The van der Waals surface area contributed by atoms with Gasteiger partial charge in [-0.1, -0.05) is 17.3 Å². The van der Waals surface area contributed by atoms with E-state index in [9.17, 15) is 9.18 Å². The third-order valence-electron chi connectivity index (χ3n) is 5.41. The molecular weight excluding hydrogens is 421 g/mol. The molecule has 0 spiro atoms. The first kappa shape index (κ1) is 21.0. The summed E-state index contributed by atoms with van der Waals surface area (Å²) in [5.74, 6) is 0.459. The van der Waals surface area contributed by atoms with Crippen LogP contribution < -0.4 is 11.1 Å². The summed E-state index contributed by atoms with van der Waals surface area (Å²) in [6.07, 6.45) is 1.47. The van der Waals surface area contributed by atoms with Gasteiger partial charge in [-0.15, -0.1) is 12.4 Å². The minimum Gasteiger partial charge on any atom is -0.350 e. The van der Waals surface area contributed by atoms with E-state index in [1.165, 1.54) is 12.1 Å². The molecule has 0 aliphatic heterocycles. The van der Waals surface area contributed by atoms with Crippen molar-refractivity contribution >= 4 is 29.2 Å². The Balaban J connectivity index is 0.00000231. The molecule has 2 aromatic carbocycles. The Morgan fingerprint density at radius 1 is 1.23 bits per heavy atom. The molecule has 5 rings (SSSR count). The molecule has 0 bridgehead atoms. The molecular formula is C22H21ClFN5O2. The Bertz CT molecular complexity index is 1260. The van der Waals surface area contributed by atoms with Crippen LogP contribution in [0.25, 0.3) is 28.1 Å². The fourth-order valence-corrected chi connectivity index (χ4v) is 3.52. The van der Waals surface area contributed by atoms with E-state index in [-0.39, 0.29) is 24.1 Å². The number of rotatable bonds is 5. The van der Waals surface area contributed by atoms with Crippen LogP contribution in [0.15, 0.2) is 53.1 Å². The van der Waals surface area contributed by atoms with Crippen molar-refractivity contribution in [1.29, 1.82) is 0 Å². The van der Waals surface area contributed by atoms with Gasteiger partial charge in [0.05, 0.1) is 16.7 Å². The van der Waals surface area contributed by atoms with E-state index in [1.807, 2.05) is 34.9 Å². The van der Waals surface area contributed by atoms with Crippen LogP contribution in [0, 0.1) is 12.7 Å². The maximum atomic E-state index is 13.8. The van der Waals surface area contributed by atoms with Crippen LogP contribution >= 0.6 is 12.4 Å². The third-order valence-corrected chi connectivity index (χ3v) is 5.41. The normalized spacial score (nSPS) is 14.3. The number of fused-ring (bicyclic) bond motifs is 1. The first-order valence-electron chi connectivity index (χ1n) is 9.71. The second-order valence-electron chi connectivity index (χ2n) is 7.71. The molecule has 160 valence electrons. The fraction of sp³-hybridized carbons (Fsp3) is 0.227. The lowest BCUT2D eigenvalue weighted by Crippen LogP contribution is -2.42. The molecule has 2 aromatic heterocycles. The highest BCUT2D eigenvalue weighted by Crippen LogP contribution is 2.32. The molecule has 0 saturated heterocycles. The molecule has 0 atom stereocenters. The van der Waals surface area contributed by atoms with Gasteiger partial charge in [-0.05, 0) is 54.8 Å². The van der Waals surface area contributed by atoms with E-state index in [0.29, 0.717) is 24.0 Å². The standard InChI is InChI=1S/C22H20FN5O2.ClH/c1-13-26-20(27-30-13)19-11-15-10-16(23)4-7-18(15)28(19)17-5-2-14(3-6-17)12-25-21(29)22(24)8-9-22;/h2-7,10-11H,8-9,12,24H2,1H3,(H,25,29);1H. The molecule has 31 heavy (non-hydrogen) atoms. The van der Waals surface area contributed by atoms with E-state index in [4.69, 9.17) is 10.3 Å². The zero-order valence-electron chi connectivity index (χ0n) is 16.8. The number of amides is 1. The quantitative estimate of drug-likeness (QED) is 0.492. The molecule has 3 N–H and O–H groups in total. The monoisotopic (exact) mass is 441 g/mol. The second-order valence-corrected chi connectivity index (χ2v) is 7.71. The average Bonchev–Trinajstić information content (AvgIpc) is 3.18. The molecule has 0 radical (unpaired) electrons. The molecule has 2 heterocycles. The van der Waals surface area contributed by atoms with Crippen molar-refractivity contribution in [3.05, 3.63) is 65.8 Å². The Hall–Kier alpha value is -3.23. The summed E-state index contributed by atoms with van der Waals surface area (Å²) in [5, 5.41) is 7.65. The SMILES string of the molecule is Cc1nc(-c2cc3cc(F)ccc3n2-c2ccc(CNC(=O)C3(N)CC3)cc2)no1.Cl. The highest BCUT2D eigenvalue weighted by Gasteiger charge is 2.45. The zero-order chi connectivity index (χ0) is 20.9. The van der Waals surface area contributed by atoms with Gasteiger partial charge >= 0.3 is 0 Å². The molecule has 1 aliphatic rings. The lowest BCUT2D eigenvalue weighted by Gasteiger charge is -2.12. The third kappa shape index (κ3) is 3.92. The number of aryl methyl sites for hydroxylation is 1. The number of nitrogens with two attached hydrogens (primary N) is 1. The topological polar surface area (TPSA) is 99.0 Å². The molecule has 4 aromatic rings. The van der Waals surface area contributed by atoms with E-state index in [1.54, 1.807) is 13.0 Å². The van der Waals surface area contributed by atoms with Gasteiger partial charge in [0.1, 0.15) is 5.82 Å². The largest absolute Gasteiger partial charge is 0.350 e. The van der Waals surface area contributed by atoms with Crippen LogP contribution in [-0.2, 0) is 11.3 Å². The maximum absolute atomic E-state index is 13.8. The van der Waals surface area contributed by atoms with Crippen LogP contribution in [0.1, 0.15) is 24.3 Å². The van der Waals surface area contributed by atoms with Gasteiger partial charge in [-0.2, -0.15) is 4.98 Å². The van der Waals surface area contributed by atoms with Crippen molar-refractivity contribution in [1.82, 2.24) is 20.0 Å². The number of nitrogens with one attached hydrogen (secondary N) is 1. The van der Waals surface area contributed by atoms with Crippen LogP contribution in [0.5, 0.6) is 0 Å². The summed E-state index contributed by atoms with van der Waals surface area (Å²) in [7, 11) is 0. The summed E-state index contributed by atoms with van der Waals surface area (Å²) in [6.45, 7) is 2.13. The molecule has 0 unspecified atom stereocenters. The first-order valence-corrected chi connectivity index (χ1v) is 9.71. The number of halogens is 2. The summed E-state index contributed by atoms with van der Waals surface area (Å²) in [6, 6.07) is 14.2. The number of nitrogens with zero attached hydrogens (tertiary/aromatic N) is 3. The minimum absolute atomic E-state index is 0. The Morgan fingerprint density at radius 3 is 2.61 bits per heavy atom. The number of hydrogen-bond acceptors (Lipinski definition) is 5. The number of benzene rings is 2. The minimum atomic E-state index is -0.684. The van der Waals surface area contributed by atoms with Crippen molar-refractivity contribution in [2.24, 2.45) is 5.73 Å². The van der Waals surface area contributed by atoms with Crippen LogP contribution in [0.2, 0.25) is 0 Å². The van der Waals surface area contributed by atoms with Gasteiger partial charge in [-0.25, -0.2) is 4.39 Å². The van der Waals surface area contributed by atoms with Gasteiger partial charge in [0.25, 0.3) is 0 Å². The van der Waals surface area contributed by atoms with Crippen LogP contribution in [0.4, 0.5) is 4.39 Å². The summed E-state index contributed by atoms with van der Waals surface area (Å²) in [5.41, 5.74) is 8.58. The molecule has 1 fully saturated rings. The number of carbonyl (C=O) groups is 1. The zero-order valence-corrected chi connectivity index (χ0v) is 17.6. The van der Waals surface area contributed by atoms with Crippen LogP contribution in [0.3, 0.4) is 0 Å². The van der Waals surface area contributed by atoms with Crippen molar-refractivity contribution in [2.75, 3.05) is 0 Å². The summed E-state index contributed by atoms with van der Waals surface area (Å²) in [4.78, 5) is 16.4. The average molecular weight is 442 g/mol. The van der Waals surface area contributed by atoms with Gasteiger partial charge in [0.15, 0.2) is 0 Å². The lowest BCUT2D eigenvalue weighted by atomic mass is 10.2. The molecule has 1 aliphatic carbocycles. The number of aromatic nitrogens is 3. The highest BCUT2D eigenvalue weighted by molar-refractivity contribution is 5.89. The summed E-state index contributed by atoms with van der Waals surface area (Å²) >= 11 is 0. The van der Waals surface area contributed by atoms with Crippen LogP contribution in [-0.4, -0.2) is 26.2 Å². The van der Waals surface area contributed by atoms with Crippen molar-refractivity contribution in [3.63, 3.8) is 0 Å². The van der Waals surface area contributed by atoms with Gasteiger partial charge in [0, 0.05) is 24.5 Å². The predicted molar refractivity (Wildman–Crippen MR) is 117 cm³/mol. The fourth-order valence-electron chi connectivity index (χ4n) is 3.52. The number of carbonyl (C=O) groups excluding carboxylic acids is 1.